The highest BCUT2D eigenvalue weighted by Crippen LogP contribution is 2.19. The monoisotopic (exact) mass is 273 g/mol. The fourth-order valence-electron chi connectivity index (χ4n) is 2.45. The molecule has 4 heteroatoms. The fourth-order valence-corrected chi connectivity index (χ4v) is 2.45. The molecule has 0 aliphatic carbocycles. The molecule has 1 aromatic carbocycles. The van der Waals surface area contributed by atoms with Crippen molar-refractivity contribution in [2.24, 2.45) is 5.73 Å². The summed E-state index contributed by atoms with van der Waals surface area (Å²) in [7, 11) is 0. The topological polar surface area (TPSA) is 70.9 Å². The summed E-state index contributed by atoms with van der Waals surface area (Å²) in [6.45, 7) is 3.00. The molecule has 0 saturated heterocycles. The molecule has 2 rings (SSSR count). The van der Waals surface area contributed by atoms with Crippen molar-refractivity contribution in [1.82, 2.24) is 10.3 Å². The molecule has 1 heterocycles. The summed E-state index contributed by atoms with van der Waals surface area (Å²) < 4.78 is 0. The molecule has 0 aliphatic heterocycles. The van der Waals surface area contributed by atoms with E-state index in [1.165, 1.54) is 12.8 Å². The molecular formula is C16H23N3O. The van der Waals surface area contributed by atoms with E-state index in [9.17, 15) is 4.79 Å². The number of carbonyl (C=O) groups excluding carboxylic acids is 1. The summed E-state index contributed by atoms with van der Waals surface area (Å²) in [5.41, 5.74) is 7.73. The number of hydrogen-bond donors (Lipinski definition) is 3. The lowest BCUT2D eigenvalue weighted by Gasteiger charge is -2.15. The molecule has 4 nitrogen and oxygen atoms in total. The van der Waals surface area contributed by atoms with Crippen molar-refractivity contribution in [2.75, 3.05) is 6.54 Å². The van der Waals surface area contributed by atoms with Gasteiger partial charge in [-0.25, -0.2) is 0 Å². The molecule has 0 fully saturated rings. The van der Waals surface area contributed by atoms with Crippen molar-refractivity contribution in [1.29, 1.82) is 0 Å². The first-order valence-corrected chi connectivity index (χ1v) is 7.30. The van der Waals surface area contributed by atoms with E-state index in [-0.39, 0.29) is 11.9 Å². The summed E-state index contributed by atoms with van der Waals surface area (Å²) in [5, 5.41) is 4.43. The summed E-state index contributed by atoms with van der Waals surface area (Å²) in [5.74, 6) is -0.285. The third-order valence-corrected chi connectivity index (χ3v) is 3.61. The van der Waals surface area contributed by atoms with Crippen LogP contribution in [-0.4, -0.2) is 23.5 Å². The van der Waals surface area contributed by atoms with E-state index in [4.69, 9.17) is 5.73 Å². The second-order valence-corrected chi connectivity index (χ2v) is 5.18. The summed E-state index contributed by atoms with van der Waals surface area (Å²) >= 11 is 0. The quantitative estimate of drug-likeness (QED) is 0.646. The fraction of sp³-hybridized carbons (Fsp3) is 0.438. The Kier molecular flexibility index (Phi) is 5.18. The third kappa shape index (κ3) is 3.61. The van der Waals surface area contributed by atoms with Gasteiger partial charge in [-0.05, 0) is 31.0 Å². The number of aromatic amines is 1. The van der Waals surface area contributed by atoms with Crippen LogP contribution in [0.15, 0.2) is 30.5 Å². The molecular weight excluding hydrogens is 250 g/mol. The zero-order valence-corrected chi connectivity index (χ0v) is 12.0. The van der Waals surface area contributed by atoms with Crippen molar-refractivity contribution in [3.05, 3.63) is 36.0 Å². The Bertz CT molecular complexity index is 562. The maximum atomic E-state index is 11.6. The largest absolute Gasteiger partial charge is 0.368 e. The molecule has 0 aliphatic rings. The molecule has 1 aromatic heterocycles. The number of rotatable bonds is 8. The zero-order valence-electron chi connectivity index (χ0n) is 12.0. The van der Waals surface area contributed by atoms with Crippen LogP contribution in [0, 0.1) is 0 Å². The molecule has 108 valence electrons. The number of nitrogens with two attached hydrogens (primary N) is 1. The van der Waals surface area contributed by atoms with Crippen LogP contribution in [0.5, 0.6) is 0 Å². The van der Waals surface area contributed by atoms with Gasteiger partial charge in [0.25, 0.3) is 0 Å². The first-order chi connectivity index (χ1) is 9.72. The maximum Gasteiger partial charge on any atom is 0.234 e. The Morgan fingerprint density at radius 1 is 1.35 bits per heavy atom. The highest BCUT2D eigenvalue weighted by molar-refractivity contribution is 5.85. The van der Waals surface area contributed by atoms with Gasteiger partial charge >= 0.3 is 0 Å². The van der Waals surface area contributed by atoms with Gasteiger partial charge < -0.3 is 16.0 Å². The first-order valence-electron chi connectivity index (χ1n) is 7.30. The minimum atomic E-state index is -0.300. The minimum Gasteiger partial charge on any atom is -0.368 e. The molecule has 1 amide bonds. The van der Waals surface area contributed by atoms with E-state index < -0.39 is 0 Å². The Hall–Kier alpha value is -1.81. The van der Waals surface area contributed by atoms with Crippen molar-refractivity contribution in [3.63, 3.8) is 0 Å². The SMILES string of the molecule is CCCCCN[C@@H](Cc1c[nH]c2ccccc12)C(N)=O. The minimum absolute atomic E-state index is 0.285. The van der Waals surface area contributed by atoms with Crippen LogP contribution < -0.4 is 11.1 Å². The lowest BCUT2D eigenvalue weighted by atomic mass is 10.0. The summed E-state index contributed by atoms with van der Waals surface area (Å²) in [6, 6.07) is 7.81. The molecule has 0 spiro atoms. The second kappa shape index (κ2) is 7.10. The van der Waals surface area contributed by atoms with Gasteiger partial charge in [-0.3, -0.25) is 4.79 Å². The van der Waals surface area contributed by atoms with E-state index >= 15 is 0 Å². The lowest BCUT2D eigenvalue weighted by molar-refractivity contribution is -0.120. The predicted molar refractivity (Wildman–Crippen MR) is 82.5 cm³/mol. The van der Waals surface area contributed by atoms with Crippen LogP contribution in [0.3, 0.4) is 0 Å². The number of H-pyrrole nitrogens is 1. The van der Waals surface area contributed by atoms with E-state index in [0.717, 1.165) is 29.4 Å². The Balaban J connectivity index is 2.02. The van der Waals surface area contributed by atoms with E-state index in [0.29, 0.717) is 6.42 Å². The first kappa shape index (κ1) is 14.6. The van der Waals surface area contributed by atoms with E-state index in [2.05, 4.69) is 23.3 Å². The van der Waals surface area contributed by atoms with Crippen LogP contribution in [0.2, 0.25) is 0 Å². The number of carbonyl (C=O) groups is 1. The number of primary amides is 1. The van der Waals surface area contributed by atoms with Crippen LogP contribution in [0.4, 0.5) is 0 Å². The molecule has 0 radical (unpaired) electrons. The number of fused-ring (bicyclic) bond motifs is 1. The van der Waals surface area contributed by atoms with Gasteiger partial charge in [0.05, 0.1) is 6.04 Å². The highest BCUT2D eigenvalue weighted by atomic mass is 16.1. The Morgan fingerprint density at radius 3 is 2.90 bits per heavy atom. The second-order valence-electron chi connectivity index (χ2n) is 5.18. The third-order valence-electron chi connectivity index (χ3n) is 3.61. The Labute approximate surface area is 119 Å². The van der Waals surface area contributed by atoms with E-state index in [1.54, 1.807) is 0 Å². The van der Waals surface area contributed by atoms with Crippen molar-refractivity contribution in [3.8, 4) is 0 Å². The number of amides is 1. The predicted octanol–water partition coefficient (Wildman–Crippen LogP) is 2.34. The number of hydrogen-bond acceptors (Lipinski definition) is 2. The van der Waals surface area contributed by atoms with Crippen molar-refractivity contribution < 1.29 is 4.79 Å². The molecule has 4 N–H and O–H groups in total. The molecule has 2 aromatic rings. The van der Waals surface area contributed by atoms with Gasteiger partial charge in [-0.15, -0.1) is 0 Å². The van der Waals surface area contributed by atoms with Gasteiger partial charge in [-0.2, -0.15) is 0 Å². The molecule has 0 unspecified atom stereocenters. The van der Waals surface area contributed by atoms with Crippen LogP contribution >= 0.6 is 0 Å². The van der Waals surface area contributed by atoms with Gasteiger partial charge in [0.2, 0.25) is 5.91 Å². The standard InChI is InChI=1S/C16H23N3O/c1-2-3-6-9-18-15(16(17)20)10-12-11-19-14-8-5-4-7-13(12)14/h4-5,7-8,11,15,18-19H,2-3,6,9-10H2,1H3,(H2,17,20)/t15-/m0/s1. The van der Waals surface area contributed by atoms with Gasteiger partial charge in [0, 0.05) is 17.1 Å². The molecule has 1 atom stereocenters. The summed E-state index contributed by atoms with van der Waals surface area (Å²) in [6.07, 6.45) is 6.02. The lowest BCUT2D eigenvalue weighted by Crippen LogP contribution is -2.43. The Morgan fingerprint density at radius 2 is 2.15 bits per heavy atom. The average molecular weight is 273 g/mol. The molecule has 0 saturated carbocycles. The van der Waals surface area contributed by atoms with Gasteiger partial charge in [0.1, 0.15) is 0 Å². The van der Waals surface area contributed by atoms with E-state index in [1.807, 2.05) is 24.4 Å². The number of para-hydroxylation sites is 1. The molecule has 20 heavy (non-hydrogen) atoms. The zero-order chi connectivity index (χ0) is 14.4. The van der Waals surface area contributed by atoms with Gasteiger partial charge in [0.15, 0.2) is 0 Å². The number of nitrogens with one attached hydrogen (secondary N) is 2. The van der Waals surface area contributed by atoms with Gasteiger partial charge in [-0.1, -0.05) is 38.0 Å². The number of benzene rings is 1. The summed E-state index contributed by atoms with van der Waals surface area (Å²) in [4.78, 5) is 14.8. The average Bonchev–Trinajstić information content (AvgIpc) is 2.85. The highest BCUT2D eigenvalue weighted by Gasteiger charge is 2.16. The smallest absolute Gasteiger partial charge is 0.234 e. The van der Waals surface area contributed by atoms with Crippen molar-refractivity contribution >= 4 is 16.8 Å². The van der Waals surface area contributed by atoms with Crippen LogP contribution in [-0.2, 0) is 11.2 Å². The van der Waals surface area contributed by atoms with Crippen LogP contribution in [0.1, 0.15) is 31.7 Å². The normalized spacial score (nSPS) is 12.7. The molecule has 0 bridgehead atoms. The van der Waals surface area contributed by atoms with Crippen LogP contribution in [0.25, 0.3) is 10.9 Å². The number of aromatic nitrogens is 1. The maximum absolute atomic E-state index is 11.6. The number of unbranched alkanes of at least 4 members (excludes halogenated alkanes) is 2. The van der Waals surface area contributed by atoms with Crippen molar-refractivity contribution in [2.45, 2.75) is 38.6 Å².